The summed E-state index contributed by atoms with van der Waals surface area (Å²) >= 11 is 6.27. The zero-order valence-electron chi connectivity index (χ0n) is 13.6. The van der Waals surface area contributed by atoms with E-state index >= 15 is 0 Å². The Kier molecular flexibility index (Phi) is 4.12. The van der Waals surface area contributed by atoms with E-state index in [4.69, 9.17) is 11.6 Å². The minimum atomic E-state index is 0.472. The number of aryl methyl sites for hydroxylation is 1. The van der Waals surface area contributed by atoms with Crippen molar-refractivity contribution in [2.45, 2.75) is 19.0 Å². The highest BCUT2D eigenvalue weighted by atomic mass is 35.5. The molecule has 0 amide bonds. The summed E-state index contributed by atoms with van der Waals surface area (Å²) in [5.41, 5.74) is 3.37. The second-order valence-electron chi connectivity index (χ2n) is 6.29. The zero-order chi connectivity index (χ0) is 16.5. The average Bonchev–Trinajstić information content (AvgIpc) is 3.23. The maximum Gasteiger partial charge on any atom is 0.0761 e. The molecule has 1 saturated heterocycles. The van der Waals surface area contributed by atoms with Crippen molar-refractivity contribution in [2.24, 2.45) is 7.05 Å². The summed E-state index contributed by atoms with van der Waals surface area (Å²) < 4.78 is 1.85. The largest absolute Gasteiger partial charge is 0.367 e. The lowest BCUT2D eigenvalue weighted by molar-refractivity contribution is 0.552. The summed E-state index contributed by atoms with van der Waals surface area (Å²) in [6.45, 7) is 2.86. The lowest BCUT2D eigenvalue weighted by Gasteiger charge is -2.17. The number of pyridine rings is 1. The van der Waals surface area contributed by atoms with Gasteiger partial charge in [0.1, 0.15) is 0 Å². The van der Waals surface area contributed by atoms with Crippen LogP contribution in [0.15, 0.2) is 42.9 Å². The van der Waals surface area contributed by atoms with Crippen molar-refractivity contribution in [3.05, 3.63) is 53.4 Å². The van der Waals surface area contributed by atoms with Gasteiger partial charge in [0.15, 0.2) is 0 Å². The Balaban J connectivity index is 1.44. The summed E-state index contributed by atoms with van der Waals surface area (Å²) in [4.78, 5) is 6.88. The fraction of sp³-hybridized carbons (Fsp3) is 0.333. The summed E-state index contributed by atoms with van der Waals surface area (Å²) in [7, 11) is 1.95. The predicted octanol–water partition coefficient (Wildman–Crippen LogP) is 2.99. The quantitative estimate of drug-likeness (QED) is 0.792. The van der Waals surface area contributed by atoms with Crippen molar-refractivity contribution < 1.29 is 0 Å². The van der Waals surface area contributed by atoms with Crippen molar-refractivity contribution in [1.29, 1.82) is 0 Å². The van der Waals surface area contributed by atoms with Gasteiger partial charge < -0.3 is 10.2 Å². The topological polar surface area (TPSA) is 46.0 Å². The molecule has 0 bridgehead atoms. The van der Waals surface area contributed by atoms with Crippen LogP contribution >= 0.6 is 11.6 Å². The maximum atomic E-state index is 6.27. The number of hydrogen-bond donors (Lipinski definition) is 1. The molecule has 1 aliphatic rings. The lowest BCUT2D eigenvalue weighted by Crippen LogP contribution is -2.32. The number of halogens is 1. The zero-order valence-corrected chi connectivity index (χ0v) is 14.4. The number of fused-ring (bicyclic) bond motifs is 1. The van der Waals surface area contributed by atoms with E-state index in [0.717, 1.165) is 42.0 Å². The van der Waals surface area contributed by atoms with E-state index in [-0.39, 0.29) is 0 Å². The van der Waals surface area contributed by atoms with Crippen LogP contribution < -0.4 is 10.2 Å². The third kappa shape index (κ3) is 2.97. The third-order valence-electron chi connectivity index (χ3n) is 4.63. The van der Waals surface area contributed by atoms with E-state index in [9.17, 15) is 0 Å². The van der Waals surface area contributed by atoms with Crippen molar-refractivity contribution in [3.63, 3.8) is 0 Å². The molecule has 1 atom stereocenters. The van der Waals surface area contributed by atoms with Crippen LogP contribution in [0.4, 0.5) is 5.69 Å². The molecule has 6 heteroatoms. The number of benzene rings is 1. The van der Waals surface area contributed by atoms with Gasteiger partial charge in [-0.25, -0.2) is 0 Å². The lowest BCUT2D eigenvalue weighted by atomic mass is 10.1. The Labute approximate surface area is 146 Å². The molecule has 1 aliphatic heterocycles. The van der Waals surface area contributed by atoms with Crippen molar-refractivity contribution in [2.75, 3.05) is 18.0 Å². The van der Waals surface area contributed by atoms with Crippen LogP contribution in [0.3, 0.4) is 0 Å². The van der Waals surface area contributed by atoms with Crippen LogP contribution in [0, 0.1) is 0 Å². The van der Waals surface area contributed by atoms with Crippen LogP contribution in [-0.4, -0.2) is 33.9 Å². The Bertz CT molecular complexity index is 859. The Morgan fingerprint density at radius 1 is 1.33 bits per heavy atom. The molecule has 3 aromatic rings. The summed E-state index contributed by atoms with van der Waals surface area (Å²) in [5, 5.41) is 9.69. The van der Waals surface area contributed by atoms with Crippen LogP contribution in [0.25, 0.3) is 10.9 Å². The number of anilines is 1. The van der Waals surface area contributed by atoms with Crippen LogP contribution in [0.1, 0.15) is 12.0 Å². The first-order chi connectivity index (χ1) is 11.7. The van der Waals surface area contributed by atoms with Gasteiger partial charge in [0, 0.05) is 55.5 Å². The molecule has 0 saturated carbocycles. The van der Waals surface area contributed by atoms with E-state index < -0.39 is 0 Å². The van der Waals surface area contributed by atoms with Gasteiger partial charge in [0.25, 0.3) is 0 Å². The smallest absolute Gasteiger partial charge is 0.0761 e. The molecule has 0 radical (unpaired) electrons. The van der Waals surface area contributed by atoms with Gasteiger partial charge in [-0.3, -0.25) is 9.67 Å². The predicted molar refractivity (Wildman–Crippen MR) is 97.4 cm³/mol. The number of aromatic nitrogens is 3. The molecule has 0 aliphatic carbocycles. The van der Waals surface area contributed by atoms with Gasteiger partial charge in [-0.1, -0.05) is 17.7 Å². The molecule has 4 rings (SSSR count). The first-order valence-corrected chi connectivity index (χ1v) is 8.57. The molecule has 0 spiro atoms. The molecular formula is C18H20ClN5. The first kappa shape index (κ1) is 15.4. The standard InChI is InChI=1S/C18H20ClN5/c1-23-12-15(10-22-23)24-8-6-14(11-24)21-9-13-4-5-17(19)16-3-2-7-20-18(13)16/h2-5,7,10,12,14,21H,6,8-9,11H2,1H3. The Hall–Kier alpha value is -2.11. The van der Waals surface area contributed by atoms with Gasteiger partial charge >= 0.3 is 0 Å². The average molecular weight is 342 g/mol. The molecule has 2 aromatic heterocycles. The SMILES string of the molecule is Cn1cc(N2CCC(NCc3ccc(Cl)c4cccnc34)C2)cn1. The van der Waals surface area contributed by atoms with E-state index in [1.54, 1.807) is 0 Å². The van der Waals surface area contributed by atoms with Crippen LogP contribution in [0.5, 0.6) is 0 Å². The molecule has 1 fully saturated rings. The van der Waals surface area contributed by atoms with E-state index in [2.05, 4.69) is 32.6 Å². The minimum absolute atomic E-state index is 0.472. The Morgan fingerprint density at radius 2 is 2.25 bits per heavy atom. The molecular weight excluding hydrogens is 322 g/mol. The first-order valence-electron chi connectivity index (χ1n) is 8.20. The van der Waals surface area contributed by atoms with E-state index in [1.807, 2.05) is 42.3 Å². The van der Waals surface area contributed by atoms with Crippen LogP contribution in [-0.2, 0) is 13.6 Å². The number of rotatable bonds is 4. The molecule has 124 valence electrons. The van der Waals surface area contributed by atoms with Gasteiger partial charge in [0.2, 0.25) is 0 Å². The normalized spacial score (nSPS) is 17.8. The van der Waals surface area contributed by atoms with Gasteiger partial charge in [0.05, 0.1) is 17.4 Å². The van der Waals surface area contributed by atoms with Gasteiger partial charge in [-0.05, 0) is 30.2 Å². The van der Waals surface area contributed by atoms with Crippen LogP contribution in [0.2, 0.25) is 5.02 Å². The number of nitrogens with zero attached hydrogens (tertiary/aromatic N) is 4. The van der Waals surface area contributed by atoms with Crippen molar-refractivity contribution in [3.8, 4) is 0 Å². The van der Waals surface area contributed by atoms with Gasteiger partial charge in [-0.2, -0.15) is 5.10 Å². The second-order valence-corrected chi connectivity index (χ2v) is 6.70. The van der Waals surface area contributed by atoms with Crippen molar-refractivity contribution >= 4 is 28.2 Å². The highest BCUT2D eigenvalue weighted by Crippen LogP contribution is 2.25. The Morgan fingerprint density at radius 3 is 3.08 bits per heavy atom. The van der Waals surface area contributed by atoms with E-state index in [0.29, 0.717) is 6.04 Å². The molecule has 1 unspecified atom stereocenters. The van der Waals surface area contributed by atoms with E-state index in [1.165, 1.54) is 11.3 Å². The third-order valence-corrected chi connectivity index (χ3v) is 4.96. The highest BCUT2D eigenvalue weighted by Gasteiger charge is 2.23. The monoisotopic (exact) mass is 341 g/mol. The number of hydrogen-bond acceptors (Lipinski definition) is 4. The molecule has 3 heterocycles. The fourth-order valence-electron chi connectivity index (χ4n) is 3.33. The highest BCUT2D eigenvalue weighted by molar-refractivity contribution is 6.35. The maximum absolute atomic E-state index is 6.27. The summed E-state index contributed by atoms with van der Waals surface area (Å²) in [6, 6.07) is 8.44. The molecule has 5 nitrogen and oxygen atoms in total. The van der Waals surface area contributed by atoms with Gasteiger partial charge in [-0.15, -0.1) is 0 Å². The molecule has 24 heavy (non-hydrogen) atoms. The molecule has 1 N–H and O–H groups in total. The molecule has 1 aromatic carbocycles. The minimum Gasteiger partial charge on any atom is -0.367 e. The summed E-state index contributed by atoms with van der Waals surface area (Å²) in [6.07, 6.45) is 6.95. The second kappa shape index (κ2) is 6.42. The van der Waals surface area contributed by atoms with Crippen molar-refractivity contribution in [1.82, 2.24) is 20.1 Å². The summed E-state index contributed by atoms with van der Waals surface area (Å²) in [5.74, 6) is 0. The number of nitrogens with one attached hydrogen (secondary N) is 1. The fourth-order valence-corrected chi connectivity index (χ4v) is 3.54.